The Labute approximate surface area is 124 Å². The summed E-state index contributed by atoms with van der Waals surface area (Å²) in [6.45, 7) is 7.96. The highest BCUT2D eigenvalue weighted by atomic mass is 35.5. The van der Waals surface area contributed by atoms with Crippen LogP contribution in [0.4, 0.5) is 0 Å². The summed E-state index contributed by atoms with van der Waals surface area (Å²) in [6.07, 6.45) is 0. The van der Waals surface area contributed by atoms with Gasteiger partial charge in [-0.05, 0) is 39.8 Å². The van der Waals surface area contributed by atoms with E-state index in [4.69, 9.17) is 37.2 Å². The zero-order chi connectivity index (χ0) is 14.4. The van der Waals surface area contributed by atoms with Crippen molar-refractivity contribution in [1.29, 1.82) is 0 Å². The maximum Gasteiger partial charge on any atom is 0.500 e. The van der Waals surface area contributed by atoms with Crippen LogP contribution in [0.15, 0.2) is 12.1 Å². The van der Waals surface area contributed by atoms with Crippen LogP contribution in [0.25, 0.3) is 0 Å². The standard InChI is InChI=1S/C13H17BCl2O3/c1-12(2)13(3,4)19-14(18-12)11-9(16)6-8(15)7-10(11)17-5/h6-7H,1-5H3. The number of halogens is 2. The highest BCUT2D eigenvalue weighted by molar-refractivity contribution is 6.67. The molecule has 6 heteroatoms. The Morgan fingerprint density at radius 1 is 1.05 bits per heavy atom. The van der Waals surface area contributed by atoms with Crippen molar-refractivity contribution in [3.8, 4) is 5.75 Å². The van der Waals surface area contributed by atoms with E-state index in [0.717, 1.165) is 0 Å². The van der Waals surface area contributed by atoms with Crippen LogP contribution in [-0.4, -0.2) is 25.4 Å². The number of methoxy groups -OCH3 is 1. The Balaban J connectivity index is 2.45. The largest absolute Gasteiger partial charge is 0.500 e. The summed E-state index contributed by atoms with van der Waals surface area (Å²) in [5, 5.41) is 0.991. The van der Waals surface area contributed by atoms with E-state index >= 15 is 0 Å². The summed E-state index contributed by atoms with van der Waals surface area (Å²) in [6, 6.07) is 3.36. The fourth-order valence-electron chi connectivity index (χ4n) is 1.92. The minimum atomic E-state index is -0.565. The van der Waals surface area contributed by atoms with Crippen LogP contribution in [-0.2, 0) is 9.31 Å². The van der Waals surface area contributed by atoms with Crippen LogP contribution in [0.1, 0.15) is 27.7 Å². The zero-order valence-corrected chi connectivity index (χ0v) is 13.2. The van der Waals surface area contributed by atoms with Gasteiger partial charge in [0.05, 0.1) is 18.3 Å². The minimum absolute atomic E-state index is 0.425. The molecule has 1 aliphatic rings. The van der Waals surface area contributed by atoms with E-state index in [9.17, 15) is 0 Å². The molecular weight excluding hydrogens is 286 g/mol. The molecule has 1 saturated heterocycles. The first kappa shape index (κ1) is 15.0. The summed E-state index contributed by atoms with van der Waals surface area (Å²) in [4.78, 5) is 0. The first-order chi connectivity index (χ1) is 8.68. The van der Waals surface area contributed by atoms with Gasteiger partial charge in [-0.2, -0.15) is 0 Å². The monoisotopic (exact) mass is 302 g/mol. The van der Waals surface area contributed by atoms with Gasteiger partial charge in [0.1, 0.15) is 5.75 Å². The van der Waals surface area contributed by atoms with E-state index in [1.807, 2.05) is 27.7 Å². The smallest absolute Gasteiger partial charge is 0.497 e. The molecule has 3 nitrogen and oxygen atoms in total. The maximum atomic E-state index is 6.26. The lowest BCUT2D eigenvalue weighted by Gasteiger charge is -2.32. The molecule has 1 aromatic carbocycles. The van der Waals surface area contributed by atoms with Gasteiger partial charge in [-0.15, -0.1) is 0 Å². The molecule has 0 N–H and O–H groups in total. The number of benzene rings is 1. The van der Waals surface area contributed by atoms with Crippen molar-refractivity contribution in [2.45, 2.75) is 38.9 Å². The quantitative estimate of drug-likeness (QED) is 0.785. The number of hydrogen-bond donors (Lipinski definition) is 0. The third kappa shape index (κ3) is 2.59. The molecular formula is C13H17BCl2O3. The Bertz CT molecular complexity index is 487. The van der Waals surface area contributed by atoms with E-state index in [-0.39, 0.29) is 0 Å². The lowest BCUT2D eigenvalue weighted by atomic mass is 9.78. The molecule has 0 unspecified atom stereocenters. The Hall–Kier alpha value is -0.415. The van der Waals surface area contributed by atoms with Crippen LogP contribution in [0, 0.1) is 0 Å². The highest BCUT2D eigenvalue weighted by Gasteiger charge is 2.53. The lowest BCUT2D eigenvalue weighted by molar-refractivity contribution is 0.00578. The van der Waals surface area contributed by atoms with E-state index in [2.05, 4.69) is 0 Å². The normalized spacial score (nSPS) is 20.7. The SMILES string of the molecule is COc1cc(Cl)cc(Cl)c1B1OC(C)(C)C(C)(C)O1. The molecule has 104 valence electrons. The Morgan fingerprint density at radius 3 is 2.05 bits per heavy atom. The molecule has 0 atom stereocenters. The highest BCUT2D eigenvalue weighted by Crippen LogP contribution is 2.38. The Kier molecular flexibility index (Phi) is 3.82. The van der Waals surface area contributed by atoms with Crippen LogP contribution >= 0.6 is 23.2 Å². The third-order valence-electron chi connectivity index (χ3n) is 3.77. The molecule has 1 aromatic rings. The molecule has 0 spiro atoms. The van der Waals surface area contributed by atoms with Crippen molar-refractivity contribution in [3.63, 3.8) is 0 Å². The average molecular weight is 303 g/mol. The second kappa shape index (κ2) is 4.85. The van der Waals surface area contributed by atoms with Gasteiger partial charge < -0.3 is 14.0 Å². The lowest BCUT2D eigenvalue weighted by Crippen LogP contribution is -2.41. The van der Waals surface area contributed by atoms with Gasteiger partial charge in [-0.3, -0.25) is 0 Å². The molecule has 0 radical (unpaired) electrons. The molecule has 0 aliphatic carbocycles. The van der Waals surface area contributed by atoms with Crippen molar-refractivity contribution in [2.75, 3.05) is 7.11 Å². The third-order valence-corrected chi connectivity index (χ3v) is 4.30. The minimum Gasteiger partial charge on any atom is -0.497 e. The van der Waals surface area contributed by atoms with Crippen molar-refractivity contribution in [1.82, 2.24) is 0 Å². The Morgan fingerprint density at radius 2 is 1.58 bits per heavy atom. The summed E-state index contributed by atoms with van der Waals surface area (Å²) in [5.41, 5.74) is -0.177. The fraction of sp³-hybridized carbons (Fsp3) is 0.538. The number of hydrogen-bond acceptors (Lipinski definition) is 3. The van der Waals surface area contributed by atoms with Crippen molar-refractivity contribution in [2.24, 2.45) is 0 Å². The van der Waals surface area contributed by atoms with Crippen LogP contribution in [0.3, 0.4) is 0 Å². The van der Waals surface area contributed by atoms with Gasteiger partial charge in [-0.1, -0.05) is 23.2 Å². The molecule has 1 fully saturated rings. The average Bonchev–Trinajstić information content (AvgIpc) is 2.46. The van der Waals surface area contributed by atoms with Gasteiger partial charge in [0.25, 0.3) is 0 Å². The molecule has 2 rings (SSSR count). The molecule has 0 amide bonds. The first-order valence-electron chi connectivity index (χ1n) is 6.06. The molecule has 1 aliphatic heterocycles. The van der Waals surface area contributed by atoms with Gasteiger partial charge in [0.15, 0.2) is 0 Å². The van der Waals surface area contributed by atoms with Gasteiger partial charge in [0.2, 0.25) is 0 Å². The molecule has 19 heavy (non-hydrogen) atoms. The van der Waals surface area contributed by atoms with E-state index in [1.54, 1.807) is 19.2 Å². The number of ether oxygens (including phenoxy) is 1. The van der Waals surface area contributed by atoms with Crippen molar-refractivity contribution < 1.29 is 14.0 Å². The summed E-state index contributed by atoms with van der Waals surface area (Å²) < 4.78 is 17.3. The predicted molar refractivity (Wildman–Crippen MR) is 78.7 cm³/mol. The number of rotatable bonds is 2. The summed E-state index contributed by atoms with van der Waals surface area (Å²) in [7, 11) is 1.00. The van der Waals surface area contributed by atoms with Crippen LogP contribution in [0.5, 0.6) is 5.75 Å². The topological polar surface area (TPSA) is 27.7 Å². The van der Waals surface area contributed by atoms with Gasteiger partial charge in [-0.25, -0.2) is 0 Å². The van der Waals surface area contributed by atoms with Crippen LogP contribution in [0.2, 0.25) is 10.0 Å². The molecule has 1 heterocycles. The van der Waals surface area contributed by atoms with Gasteiger partial charge >= 0.3 is 7.12 Å². The maximum absolute atomic E-state index is 6.26. The first-order valence-corrected chi connectivity index (χ1v) is 6.82. The second-order valence-electron chi connectivity index (χ2n) is 5.59. The summed E-state index contributed by atoms with van der Waals surface area (Å²) in [5.74, 6) is 0.566. The van der Waals surface area contributed by atoms with Crippen LogP contribution < -0.4 is 10.2 Å². The fourth-order valence-corrected chi connectivity index (χ4v) is 2.48. The second-order valence-corrected chi connectivity index (χ2v) is 6.44. The van der Waals surface area contributed by atoms with E-state index < -0.39 is 18.3 Å². The predicted octanol–water partition coefficient (Wildman–Crippen LogP) is 3.30. The van der Waals surface area contributed by atoms with Crippen molar-refractivity contribution in [3.05, 3.63) is 22.2 Å². The van der Waals surface area contributed by atoms with Gasteiger partial charge in [0, 0.05) is 15.5 Å². The summed E-state index contributed by atoms with van der Waals surface area (Å²) >= 11 is 12.2. The molecule has 0 bridgehead atoms. The molecule has 0 aromatic heterocycles. The molecule has 0 saturated carbocycles. The van der Waals surface area contributed by atoms with E-state index in [1.165, 1.54) is 0 Å². The van der Waals surface area contributed by atoms with E-state index in [0.29, 0.717) is 21.3 Å². The van der Waals surface area contributed by atoms with Crippen molar-refractivity contribution >= 4 is 35.8 Å². The zero-order valence-electron chi connectivity index (χ0n) is 11.7.